The average Bonchev–Trinajstić information content (AvgIpc) is 2.27. The van der Waals surface area contributed by atoms with Crippen molar-refractivity contribution in [1.82, 2.24) is 5.32 Å². The zero-order valence-corrected chi connectivity index (χ0v) is 9.62. The molecule has 0 aromatic heterocycles. The number of para-hydroxylation sites is 1. The van der Waals surface area contributed by atoms with Gasteiger partial charge in [-0.15, -0.1) is 0 Å². The van der Waals surface area contributed by atoms with E-state index in [1.54, 1.807) is 19.1 Å². The number of rotatable bonds is 6. The second kappa shape index (κ2) is 6.96. The summed E-state index contributed by atoms with van der Waals surface area (Å²) in [5.74, 6) is -0.189. The second-order valence-corrected chi connectivity index (χ2v) is 3.82. The van der Waals surface area contributed by atoms with E-state index in [0.717, 1.165) is 0 Å². The first-order chi connectivity index (χ1) is 8.08. The molecule has 0 aliphatic heterocycles. The van der Waals surface area contributed by atoms with E-state index in [2.05, 4.69) is 10.6 Å². The van der Waals surface area contributed by atoms with E-state index in [4.69, 9.17) is 0 Å². The first-order valence-corrected chi connectivity index (χ1v) is 5.44. The minimum atomic E-state index is -2.39. The van der Waals surface area contributed by atoms with Gasteiger partial charge in [-0.25, -0.2) is 8.78 Å². The molecule has 1 aromatic rings. The van der Waals surface area contributed by atoms with E-state index in [9.17, 15) is 13.6 Å². The lowest BCUT2D eigenvalue weighted by atomic mass is 10.2. The molecule has 0 heterocycles. The standard InChI is InChI=1S/C12H16F2N2O/c1-9(15-8-11(13)14)7-12(17)16-10-5-3-2-4-6-10/h2-6,9,11,15H,7-8H2,1H3,(H,16,17). The van der Waals surface area contributed by atoms with E-state index < -0.39 is 6.43 Å². The lowest BCUT2D eigenvalue weighted by Gasteiger charge is -2.13. The molecule has 0 radical (unpaired) electrons. The van der Waals surface area contributed by atoms with Crippen LogP contribution in [0, 0.1) is 0 Å². The molecule has 1 atom stereocenters. The van der Waals surface area contributed by atoms with Gasteiger partial charge in [-0.3, -0.25) is 4.79 Å². The molecule has 0 fully saturated rings. The Labute approximate surface area is 99.2 Å². The zero-order chi connectivity index (χ0) is 12.7. The van der Waals surface area contributed by atoms with Gasteiger partial charge in [-0.2, -0.15) is 0 Å². The van der Waals surface area contributed by atoms with E-state index >= 15 is 0 Å². The SMILES string of the molecule is CC(CC(=O)Nc1ccccc1)NCC(F)F. The third-order valence-electron chi connectivity index (χ3n) is 2.17. The molecule has 0 saturated carbocycles. The van der Waals surface area contributed by atoms with Gasteiger partial charge >= 0.3 is 0 Å². The molecule has 94 valence electrons. The molecule has 0 saturated heterocycles. The highest BCUT2D eigenvalue weighted by Gasteiger charge is 2.10. The van der Waals surface area contributed by atoms with Crippen molar-refractivity contribution in [3.63, 3.8) is 0 Å². The molecule has 0 spiro atoms. The smallest absolute Gasteiger partial charge is 0.250 e. The zero-order valence-electron chi connectivity index (χ0n) is 9.62. The van der Waals surface area contributed by atoms with Crippen molar-refractivity contribution >= 4 is 11.6 Å². The highest BCUT2D eigenvalue weighted by Crippen LogP contribution is 2.06. The summed E-state index contributed by atoms with van der Waals surface area (Å²) in [6.45, 7) is 1.31. The fourth-order valence-electron chi connectivity index (χ4n) is 1.37. The van der Waals surface area contributed by atoms with Gasteiger partial charge in [-0.1, -0.05) is 18.2 Å². The Balaban J connectivity index is 2.29. The van der Waals surface area contributed by atoms with Gasteiger partial charge < -0.3 is 10.6 Å². The Hall–Kier alpha value is -1.49. The Morgan fingerprint density at radius 3 is 2.53 bits per heavy atom. The summed E-state index contributed by atoms with van der Waals surface area (Å²) in [7, 11) is 0. The number of carbonyl (C=O) groups excluding carboxylic acids is 1. The van der Waals surface area contributed by atoms with Crippen LogP contribution in [-0.2, 0) is 4.79 Å². The number of carbonyl (C=O) groups is 1. The van der Waals surface area contributed by atoms with E-state index in [0.29, 0.717) is 5.69 Å². The molecule has 5 heteroatoms. The Morgan fingerprint density at radius 2 is 1.94 bits per heavy atom. The van der Waals surface area contributed by atoms with E-state index in [1.807, 2.05) is 18.2 Å². The lowest BCUT2D eigenvalue weighted by Crippen LogP contribution is -2.33. The average molecular weight is 242 g/mol. The molecule has 3 nitrogen and oxygen atoms in total. The monoisotopic (exact) mass is 242 g/mol. The van der Waals surface area contributed by atoms with Crippen molar-refractivity contribution in [2.45, 2.75) is 25.8 Å². The molecule has 0 aliphatic rings. The Kier molecular flexibility index (Phi) is 5.56. The van der Waals surface area contributed by atoms with Crippen LogP contribution >= 0.6 is 0 Å². The summed E-state index contributed by atoms with van der Waals surface area (Å²) in [4.78, 5) is 11.5. The number of hydrogen-bond acceptors (Lipinski definition) is 2. The number of alkyl halides is 2. The molecular weight excluding hydrogens is 226 g/mol. The molecule has 1 rings (SSSR count). The Morgan fingerprint density at radius 1 is 1.29 bits per heavy atom. The summed E-state index contributed by atoms with van der Waals surface area (Å²) >= 11 is 0. The number of anilines is 1. The number of hydrogen-bond donors (Lipinski definition) is 2. The number of benzene rings is 1. The van der Waals surface area contributed by atoms with Gasteiger partial charge in [0, 0.05) is 18.2 Å². The van der Waals surface area contributed by atoms with Crippen molar-refractivity contribution < 1.29 is 13.6 Å². The first kappa shape index (κ1) is 13.6. The van der Waals surface area contributed by atoms with Gasteiger partial charge in [0.05, 0.1) is 6.54 Å². The Bertz CT molecular complexity index is 344. The molecule has 1 unspecified atom stereocenters. The maximum Gasteiger partial charge on any atom is 0.250 e. The van der Waals surface area contributed by atoms with Gasteiger partial charge in [-0.05, 0) is 19.1 Å². The summed E-state index contributed by atoms with van der Waals surface area (Å²) in [6.07, 6.45) is -2.23. The van der Waals surface area contributed by atoms with Crippen LogP contribution in [0.3, 0.4) is 0 Å². The highest BCUT2D eigenvalue weighted by atomic mass is 19.3. The van der Waals surface area contributed by atoms with Crippen molar-refractivity contribution in [1.29, 1.82) is 0 Å². The van der Waals surface area contributed by atoms with Crippen LogP contribution in [0.2, 0.25) is 0 Å². The quantitative estimate of drug-likeness (QED) is 0.803. The first-order valence-electron chi connectivity index (χ1n) is 5.44. The summed E-state index contributed by atoms with van der Waals surface area (Å²) < 4.78 is 23.8. The lowest BCUT2D eigenvalue weighted by molar-refractivity contribution is -0.116. The van der Waals surface area contributed by atoms with E-state index in [-0.39, 0.29) is 24.9 Å². The van der Waals surface area contributed by atoms with Gasteiger partial charge in [0.15, 0.2) is 0 Å². The van der Waals surface area contributed by atoms with Crippen LogP contribution < -0.4 is 10.6 Å². The molecule has 17 heavy (non-hydrogen) atoms. The summed E-state index contributed by atoms with van der Waals surface area (Å²) in [5.41, 5.74) is 0.707. The molecule has 2 N–H and O–H groups in total. The summed E-state index contributed by atoms with van der Waals surface area (Å²) in [6, 6.07) is 8.75. The fraction of sp³-hybridized carbons (Fsp3) is 0.417. The predicted molar refractivity (Wildman–Crippen MR) is 63.2 cm³/mol. The van der Waals surface area contributed by atoms with Gasteiger partial charge in [0.1, 0.15) is 0 Å². The molecule has 0 aliphatic carbocycles. The molecule has 1 amide bonds. The molecule has 0 bridgehead atoms. The number of halogens is 2. The van der Waals surface area contributed by atoms with Crippen molar-refractivity contribution in [2.24, 2.45) is 0 Å². The maximum absolute atomic E-state index is 11.9. The van der Waals surface area contributed by atoms with Crippen molar-refractivity contribution in [2.75, 3.05) is 11.9 Å². The van der Waals surface area contributed by atoms with Gasteiger partial charge in [0.25, 0.3) is 6.43 Å². The molecular formula is C12H16F2N2O. The minimum absolute atomic E-state index is 0.168. The summed E-state index contributed by atoms with van der Waals surface area (Å²) in [5, 5.41) is 5.28. The van der Waals surface area contributed by atoms with Crippen molar-refractivity contribution in [3.8, 4) is 0 Å². The van der Waals surface area contributed by atoms with Crippen LogP contribution in [0.15, 0.2) is 30.3 Å². The largest absolute Gasteiger partial charge is 0.326 e. The van der Waals surface area contributed by atoms with Crippen LogP contribution in [0.25, 0.3) is 0 Å². The third-order valence-corrected chi connectivity index (χ3v) is 2.17. The molecule has 1 aromatic carbocycles. The fourth-order valence-corrected chi connectivity index (χ4v) is 1.37. The topological polar surface area (TPSA) is 41.1 Å². The minimum Gasteiger partial charge on any atom is -0.326 e. The van der Waals surface area contributed by atoms with Crippen molar-refractivity contribution in [3.05, 3.63) is 30.3 Å². The van der Waals surface area contributed by atoms with Gasteiger partial charge in [0.2, 0.25) is 5.91 Å². The number of nitrogens with one attached hydrogen (secondary N) is 2. The highest BCUT2D eigenvalue weighted by molar-refractivity contribution is 5.90. The van der Waals surface area contributed by atoms with Crippen LogP contribution in [0.1, 0.15) is 13.3 Å². The maximum atomic E-state index is 11.9. The van der Waals surface area contributed by atoms with E-state index in [1.165, 1.54) is 0 Å². The normalized spacial score (nSPS) is 12.5. The second-order valence-electron chi connectivity index (χ2n) is 3.82. The third kappa shape index (κ3) is 5.97. The van der Waals surface area contributed by atoms with Crippen LogP contribution in [0.4, 0.5) is 14.5 Å². The number of amides is 1. The van der Waals surface area contributed by atoms with Crippen LogP contribution in [0.5, 0.6) is 0 Å². The predicted octanol–water partition coefficient (Wildman–Crippen LogP) is 2.26. The van der Waals surface area contributed by atoms with Crippen LogP contribution in [-0.4, -0.2) is 24.9 Å².